The average molecular weight is 243 g/mol. The summed E-state index contributed by atoms with van der Waals surface area (Å²) < 4.78 is 2.17. The van der Waals surface area contributed by atoms with Crippen molar-refractivity contribution in [1.29, 1.82) is 0 Å². The molecule has 0 saturated heterocycles. The van der Waals surface area contributed by atoms with Crippen LogP contribution in [0.2, 0.25) is 0 Å². The molecule has 0 saturated carbocycles. The van der Waals surface area contributed by atoms with Gasteiger partial charge in [-0.1, -0.05) is 0 Å². The van der Waals surface area contributed by atoms with Crippen molar-refractivity contribution in [2.75, 3.05) is 6.54 Å². The molecule has 0 bridgehead atoms. The number of aryl methyl sites for hydroxylation is 2. The fraction of sp³-hybridized carbons (Fsp3) is 0.462. The van der Waals surface area contributed by atoms with Crippen LogP contribution in [0.1, 0.15) is 30.0 Å². The standard InChI is InChI=1S/C13H17N5/c1-8-6-9(2)15-11(7-8)13-17-16-12-10(3)14-4-5-18(12)13/h6-7,10,14H,4-5H2,1-3H3. The molecule has 3 rings (SSSR count). The Kier molecular flexibility index (Phi) is 2.63. The van der Waals surface area contributed by atoms with Crippen molar-refractivity contribution in [3.05, 3.63) is 29.2 Å². The minimum Gasteiger partial charge on any atom is -0.307 e. The van der Waals surface area contributed by atoms with E-state index in [2.05, 4.69) is 51.0 Å². The topological polar surface area (TPSA) is 55.6 Å². The zero-order valence-electron chi connectivity index (χ0n) is 10.9. The van der Waals surface area contributed by atoms with Gasteiger partial charge in [-0.15, -0.1) is 10.2 Å². The normalized spacial score (nSPS) is 18.7. The molecule has 5 heteroatoms. The summed E-state index contributed by atoms with van der Waals surface area (Å²) >= 11 is 0. The maximum atomic E-state index is 4.57. The van der Waals surface area contributed by atoms with Crippen molar-refractivity contribution in [2.24, 2.45) is 0 Å². The molecule has 1 N–H and O–H groups in total. The molecule has 1 unspecified atom stereocenters. The lowest BCUT2D eigenvalue weighted by molar-refractivity contribution is 0.438. The highest BCUT2D eigenvalue weighted by atomic mass is 15.3. The minimum atomic E-state index is 0.255. The fourth-order valence-corrected chi connectivity index (χ4v) is 2.49. The SMILES string of the molecule is Cc1cc(C)nc(-c2nnc3n2CCNC3C)c1. The first-order chi connectivity index (χ1) is 8.65. The van der Waals surface area contributed by atoms with E-state index in [4.69, 9.17) is 0 Å². The van der Waals surface area contributed by atoms with E-state index in [0.717, 1.165) is 36.1 Å². The Hall–Kier alpha value is -1.75. The lowest BCUT2D eigenvalue weighted by Crippen LogP contribution is -2.32. The van der Waals surface area contributed by atoms with E-state index in [1.807, 2.05) is 6.92 Å². The van der Waals surface area contributed by atoms with Crippen LogP contribution in [0, 0.1) is 13.8 Å². The molecule has 94 valence electrons. The molecule has 2 aromatic rings. The van der Waals surface area contributed by atoms with E-state index in [-0.39, 0.29) is 6.04 Å². The van der Waals surface area contributed by atoms with Crippen molar-refractivity contribution < 1.29 is 0 Å². The van der Waals surface area contributed by atoms with Crippen LogP contribution in [0.25, 0.3) is 11.5 Å². The summed E-state index contributed by atoms with van der Waals surface area (Å²) in [5.41, 5.74) is 3.14. The summed E-state index contributed by atoms with van der Waals surface area (Å²) in [6.45, 7) is 8.04. The van der Waals surface area contributed by atoms with Crippen LogP contribution in [0.15, 0.2) is 12.1 Å². The summed E-state index contributed by atoms with van der Waals surface area (Å²) in [5.74, 6) is 1.88. The fourth-order valence-electron chi connectivity index (χ4n) is 2.49. The molecule has 0 amide bonds. The molecule has 18 heavy (non-hydrogen) atoms. The van der Waals surface area contributed by atoms with E-state index < -0.39 is 0 Å². The minimum absolute atomic E-state index is 0.255. The van der Waals surface area contributed by atoms with Gasteiger partial charge < -0.3 is 9.88 Å². The number of fused-ring (bicyclic) bond motifs is 1. The first-order valence-corrected chi connectivity index (χ1v) is 6.27. The molecule has 3 heterocycles. The highest BCUT2D eigenvalue weighted by Gasteiger charge is 2.22. The molecule has 0 fully saturated rings. The number of hydrogen-bond donors (Lipinski definition) is 1. The first kappa shape index (κ1) is 11.3. The van der Waals surface area contributed by atoms with E-state index in [0.29, 0.717) is 0 Å². The summed E-state index contributed by atoms with van der Waals surface area (Å²) in [7, 11) is 0. The molecule has 0 spiro atoms. The second-order valence-electron chi connectivity index (χ2n) is 4.88. The molecule has 1 aliphatic rings. The van der Waals surface area contributed by atoms with Gasteiger partial charge in [-0.3, -0.25) is 0 Å². The van der Waals surface area contributed by atoms with Gasteiger partial charge in [0.05, 0.1) is 6.04 Å². The smallest absolute Gasteiger partial charge is 0.182 e. The molecular formula is C13H17N5. The molecule has 0 aromatic carbocycles. The average Bonchev–Trinajstić information content (AvgIpc) is 2.73. The summed E-state index contributed by atoms with van der Waals surface area (Å²) in [4.78, 5) is 4.57. The predicted octanol–water partition coefficient (Wildman–Crippen LogP) is 1.62. The Morgan fingerprint density at radius 1 is 1.28 bits per heavy atom. The zero-order valence-corrected chi connectivity index (χ0v) is 10.9. The monoisotopic (exact) mass is 243 g/mol. The van der Waals surface area contributed by atoms with Gasteiger partial charge in [0.1, 0.15) is 11.5 Å². The van der Waals surface area contributed by atoms with Crippen LogP contribution < -0.4 is 5.32 Å². The van der Waals surface area contributed by atoms with Gasteiger partial charge in [0.15, 0.2) is 5.82 Å². The second kappa shape index (κ2) is 4.17. The van der Waals surface area contributed by atoms with Gasteiger partial charge >= 0.3 is 0 Å². The van der Waals surface area contributed by atoms with Crippen molar-refractivity contribution in [3.8, 4) is 11.5 Å². The maximum absolute atomic E-state index is 4.57. The van der Waals surface area contributed by atoms with E-state index in [9.17, 15) is 0 Å². The number of nitrogens with one attached hydrogen (secondary N) is 1. The van der Waals surface area contributed by atoms with Crippen LogP contribution in [-0.4, -0.2) is 26.3 Å². The molecule has 0 aliphatic carbocycles. The third kappa shape index (κ3) is 1.80. The number of rotatable bonds is 1. The van der Waals surface area contributed by atoms with Crippen molar-refractivity contribution in [1.82, 2.24) is 25.1 Å². The van der Waals surface area contributed by atoms with Gasteiger partial charge in [0.2, 0.25) is 0 Å². The van der Waals surface area contributed by atoms with Crippen LogP contribution in [0.3, 0.4) is 0 Å². The Morgan fingerprint density at radius 2 is 2.11 bits per heavy atom. The second-order valence-corrected chi connectivity index (χ2v) is 4.88. The van der Waals surface area contributed by atoms with Crippen molar-refractivity contribution in [2.45, 2.75) is 33.4 Å². The summed E-state index contributed by atoms with van der Waals surface area (Å²) in [6, 6.07) is 4.39. The largest absolute Gasteiger partial charge is 0.307 e. The van der Waals surface area contributed by atoms with E-state index in [1.165, 1.54) is 5.56 Å². The van der Waals surface area contributed by atoms with Gasteiger partial charge in [-0.2, -0.15) is 0 Å². The third-order valence-corrected chi connectivity index (χ3v) is 3.28. The van der Waals surface area contributed by atoms with E-state index >= 15 is 0 Å². The van der Waals surface area contributed by atoms with Gasteiger partial charge in [0, 0.05) is 18.8 Å². The Labute approximate surface area is 106 Å². The third-order valence-electron chi connectivity index (χ3n) is 3.28. The summed E-state index contributed by atoms with van der Waals surface area (Å²) in [6.07, 6.45) is 0. The van der Waals surface area contributed by atoms with Gasteiger partial charge in [-0.05, 0) is 38.5 Å². The zero-order chi connectivity index (χ0) is 12.7. The van der Waals surface area contributed by atoms with Crippen LogP contribution in [-0.2, 0) is 6.54 Å². The molecule has 2 aromatic heterocycles. The number of pyridine rings is 1. The Balaban J connectivity index is 2.12. The molecule has 0 radical (unpaired) electrons. The lowest BCUT2D eigenvalue weighted by Gasteiger charge is -2.21. The molecule has 1 atom stereocenters. The quantitative estimate of drug-likeness (QED) is 0.827. The van der Waals surface area contributed by atoms with Crippen LogP contribution in [0.5, 0.6) is 0 Å². The Bertz CT molecular complexity index is 567. The first-order valence-electron chi connectivity index (χ1n) is 6.27. The highest BCUT2D eigenvalue weighted by Crippen LogP contribution is 2.23. The van der Waals surface area contributed by atoms with Crippen LogP contribution in [0.4, 0.5) is 0 Å². The molecule has 1 aliphatic heterocycles. The Morgan fingerprint density at radius 3 is 2.89 bits per heavy atom. The molecule has 5 nitrogen and oxygen atoms in total. The van der Waals surface area contributed by atoms with Crippen molar-refractivity contribution in [3.63, 3.8) is 0 Å². The van der Waals surface area contributed by atoms with Gasteiger partial charge in [0.25, 0.3) is 0 Å². The molecular weight excluding hydrogens is 226 g/mol. The van der Waals surface area contributed by atoms with Gasteiger partial charge in [-0.25, -0.2) is 4.98 Å². The number of aromatic nitrogens is 4. The number of hydrogen-bond acceptors (Lipinski definition) is 4. The maximum Gasteiger partial charge on any atom is 0.182 e. The predicted molar refractivity (Wildman–Crippen MR) is 69.1 cm³/mol. The van der Waals surface area contributed by atoms with Crippen LogP contribution >= 0.6 is 0 Å². The summed E-state index contributed by atoms with van der Waals surface area (Å²) in [5, 5.41) is 12.0. The number of nitrogens with zero attached hydrogens (tertiary/aromatic N) is 4. The van der Waals surface area contributed by atoms with Crippen molar-refractivity contribution >= 4 is 0 Å². The van der Waals surface area contributed by atoms with E-state index in [1.54, 1.807) is 0 Å². The highest BCUT2D eigenvalue weighted by molar-refractivity contribution is 5.51. The lowest BCUT2D eigenvalue weighted by atomic mass is 10.2.